The van der Waals surface area contributed by atoms with Gasteiger partial charge in [-0.15, -0.1) is 0 Å². The quantitative estimate of drug-likeness (QED) is 0.313. The van der Waals surface area contributed by atoms with Crippen LogP contribution in [0.2, 0.25) is 0 Å². The molecule has 1 aliphatic heterocycles. The van der Waals surface area contributed by atoms with Crippen molar-refractivity contribution in [2.75, 3.05) is 12.3 Å². The Kier molecular flexibility index (Phi) is 4.48. The highest BCUT2D eigenvalue weighted by Crippen LogP contribution is 2.11. The molecule has 0 spiro atoms. The van der Waals surface area contributed by atoms with Gasteiger partial charge in [-0.2, -0.15) is 12.6 Å². The molecule has 0 bridgehead atoms. The van der Waals surface area contributed by atoms with Gasteiger partial charge in [-0.05, 0) is 0 Å². The predicted octanol–water partition coefficient (Wildman–Crippen LogP) is -0.475. The number of amides is 2. The third kappa shape index (κ3) is 3.34. The fraction of sp³-hybridized carbons (Fsp3) is 0.556. The number of imide groups is 1. The Morgan fingerprint density at radius 2 is 1.75 bits per heavy atom. The van der Waals surface area contributed by atoms with Crippen LogP contribution in [0.5, 0.6) is 0 Å². The van der Waals surface area contributed by atoms with Gasteiger partial charge in [0, 0.05) is 18.6 Å². The molecule has 0 saturated carbocycles. The van der Waals surface area contributed by atoms with Crippen LogP contribution in [0.3, 0.4) is 0 Å². The lowest BCUT2D eigenvalue weighted by Gasteiger charge is -2.11. The molecule has 0 unspecified atom stereocenters. The number of nitrogens with zero attached hydrogens (tertiary/aromatic N) is 1. The summed E-state index contributed by atoms with van der Waals surface area (Å²) >= 11 is 3.80. The molecular weight excluding hydrogens is 234 g/mol. The average Bonchev–Trinajstić information content (AvgIpc) is 2.49. The van der Waals surface area contributed by atoms with Crippen LogP contribution in [0.25, 0.3) is 0 Å². The summed E-state index contributed by atoms with van der Waals surface area (Å²) < 4.78 is 4.38. The number of likely N-dealkylation sites (tertiary alicyclic amines) is 1. The Bertz CT molecular complexity index is 325. The second-order valence-electron chi connectivity index (χ2n) is 3.19. The molecule has 0 aliphatic carbocycles. The van der Waals surface area contributed by atoms with Gasteiger partial charge in [0.2, 0.25) is 11.8 Å². The molecule has 0 N–H and O–H groups in total. The maximum Gasteiger partial charge on any atom is 0.333 e. The monoisotopic (exact) mass is 245 g/mol. The number of carbonyl (C=O) groups excluding carboxylic acids is 4. The Balaban J connectivity index is 2.42. The van der Waals surface area contributed by atoms with Crippen LogP contribution >= 0.6 is 12.6 Å². The van der Waals surface area contributed by atoms with E-state index in [1.165, 1.54) is 0 Å². The third-order valence-electron chi connectivity index (χ3n) is 1.99. The van der Waals surface area contributed by atoms with E-state index in [1.54, 1.807) is 0 Å². The van der Waals surface area contributed by atoms with Crippen molar-refractivity contribution in [2.24, 2.45) is 0 Å². The molecule has 0 atom stereocenters. The first-order valence-corrected chi connectivity index (χ1v) is 5.35. The van der Waals surface area contributed by atoms with Crippen LogP contribution < -0.4 is 0 Å². The Hall–Kier alpha value is -1.37. The van der Waals surface area contributed by atoms with E-state index < -0.39 is 30.3 Å². The van der Waals surface area contributed by atoms with Crippen molar-refractivity contribution in [3.8, 4) is 0 Å². The van der Waals surface area contributed by atoms with Crippen LogP contribution in [-0.2, 0) is 23.9 Å². The zero-order valence-corrected chi connectivity index (χ0v) is 9.37. The lowest BCUT2D eigenvalue weighted by molar-refractivity contribution is -0.162. The summed E-state index contributed by atoms with van der Waals surface area (Å²) in [5, 5.41) is 0. The van der Waals surface area contributed by atoms with E-state index in [4.69, 9.17) is 0 Å². The summed E-state index contributed by atoms with van der Waals surface area (Å²) in [5.41, 5.74) is 0. The molecule has 1 saturated heterocycles. The number of esters is 2. The predicted molar refractivity (Wildman–Crippen MR) is 55.5 cm³/mol. The van der Waals surface area contributed by atoms with Gasteiger partial charge in [-0.3, -0.25) is 19.3 Å². The molecule has 0 radical (unpaired) electrons. The molecule has 1 rings (SSSR count). The van der Waals surface area contributed by atoms with Gasteiger partial charge in [-0.25, -0.2) is 4.79 Å². The van der Waals surface area contributed by atoms with E-state index in [2.05, 4.69) is 17.4 Å². The van der Waals surface area contributed by atoms with E-state index in [-0.39, 0.29) is 25.0 Å². The average molecular weight is 245 g/mol. The zero-order valence-electron chi connectivity index (χ0n) is 8.47. The van der Waals surface area contributed by atoms with E-state index in [0.29, 0.717) is 0 Å². The molecule has 2 amide bonds. The van der Waals surface area contributed by atoms with Crippen molar-refractivity contribution in [3.05, 3.63) is 0 Å². The maximum atomic E-state index is 11.2. The molecule has 0 aromatic rings. The number of ether oxygens (including phenoxy) is 1. The van der Waals surface area contributed by atoms with Crippen molar-refractivity contribution >= 4 is 36.4 Å². The van der Waals surface area contributed by atoms with E-state index in [9.17, 15) is 19.2 Å². The minimum absolute atomic E-state index is 0.0107. The smallest absolute Gasteiger partial charge is 0.333 e. The van der Waals surface area contributed by atoms with Crippen LogP contribution in [0.15, 0.2) is 0 Å². The zero-order chi connectivity index (χ0) is 12.1. The summed E-state index contributed by atoms with van der Waals surface area (Å²) in [6.45, 7) is -0.490. The number of carbonyl (C=O) groups is 4. The standard InChI is InChI=1S/C9H11NO5S/c11-6-1-2-7(12)10(6)5-9(14)15-8(13)3-4-16/h16H,1-5H2. The highest BCUT2D eigenvalue weighted by Gasteiger charge is 2.31. The molecule has 0 aromatic carbocycles. The van der Waals surface area contributed by atoms with Gasteiger partial charge in [0.25, 0.3) is 0 Å². The van der Waals surface area contributed by atoms with Gasteiger partial charge in [0.15, 0.2) is 0 Å². The van der Waals surface area contributed by atoms with Crippen molar-refractivity contribution in [2.45, 2.75) is 19.3 Å². The van der Waals surface area contributed by atoms with Crippen molar-refractivity contribution < 1.29 is 23.9 Å². The number of rotatable bonds is 4. The lowest BCUT2D eigenvalue weighted by Crippen LogP contribution is -2.35. The first-order chi connectivity index (χ1) is 7.54. The molecule has 7 heteroatoms. The largest absolute Gasteiger partial charge is 0.392 e. The van der Waals surface area contributed by atoms with E-state index >= 15 is 0 Å². The van der Waals surface area contributed by atoms with Gasteiger partial charge in [0.1, 0.15) is 6.54 Å². The molecule has 1 heterocycles. The lowest BCUT2D eigenvalue weighted by atomic mass is 10.4. The molecule has 1 aliphatic rings. The number of hydrogen-bond acceptors (Lipinski definition) is 6. The van der Waals surface area contributed by atoms with Crippen LogP contribution in [0.1, 0.15) is 19.3 Å². The summed E-state index contributed by atoms with van der Waals surface area (Å²) in [6, 6.07) is 0. The second-order valence-corrected chi connectivity index (χ2v) is 3.64. The first kappa shape index (κ1) is 12.7. The maximum absolute atomic E-state index is 11.2. The summed E-state index contributed by atoms with van der Waals surface area (Å²) in [5.74, 6) is -2.16. The molecular formula is C9H11NO5S. The number of thiol groups is 1. The van der Waals surface area contributed by atoms with Gasteiger partial charge in [0.05, 0.1) is 6.42 Å². The fourth-order valence-corrected chi connectivity index (χ4v) is 1.41. The van der Waals surface area contributed by atoms with Crippen molar-refractivity contribution in [3.63, 3.8) is 0 Å². The van der Waals surface area contributed by atoms with Crippen LogP contribution in [0.4, 0.5) is 0 Å². The van der Waals surface area contributed by atoms with Crippen molar-refractivity contribution in [1.29, 1.82) is 0 Å². The summed E-state index contributed by atoms with van der Waals surface area (Å²) in [7, 11) is 0. The normalized spacial score (nSPS) is 15.4. The minimum atomic E-state index is -0.893. The summed E-state index contributed by atoms with van der Waals surface area (Å²) in [4.78, 5) is 45.1. The van der Waals surface area contributed by atoms with Gasteiger partial charge >= 0.3 is 11.9 Å². The van der Waals surface area contributed by atoms with Gasteiger partial charge in [-0.1, -0.05) is 0 Å². The molecule has 0 aromatic heterocycles. The van der Waals surface area contributed by atoms with Crippen molar-refractivity contribution in [1.82, 2.24) is 4.90 Å². The van der Waals surface area contributed by atoms with Gasteiger partial charge < -0.3 is 4.74 Å². The topological polar surface area (TPSA) is 80.8 Å². The molecule has 88 valence electrons. The highest BCUT2D eigenvalue weighted by atomic mass is 32.1. The molecule has 6 nitrogen and oxygen atoms in total. The Morgan fingerprint density at radius 3 is 2.25 bits per heavy atom. The second kappa shape index (κ2) is 5.64. The SMILES string of the molecule is O=C(CCS)OC(=O)CN1C(=O)CCC1=O. The minimum Gasteiger partial charge on any atom is -0.392 e. The third-order valence-corrected chi connectivity index (χ3v) is 2.21. The fourth-order valence-electron chi connectivity index (χ4n) is 1.23. The molecule has 16 heavy (non-hydrogen) atoms. The van der Waals surface area contributed by atoms with E-state index in [1.807, 2.05) is 0 Å². The molecule has 1 fully saturated rings. The Labute approximate surface area is 97.3 Å². The van der Waals surface area contributed by atoms with Crippen LogP contribution in [-0.4, -0.2) is 41.0 Å². The van der Waals surface area contributed by atoms with Crippen LogP contribution in [0, 0.1) is 0 Å². The summed E-state index contributed by atoms with van der Waals surface area (Å²) in [6.07, 6.45) is 0.226. The highest BCUT2D eigenvalue weighted by molar-refractivity contribution is 7.80. The van der Waals surface area contributed by atoms with E-state index in [0.717, 1.165) is 4.90 Å². The Morgan fingerprint density at radius 1 is 1.19 bits per heavy atom. The number of hydrogen-bond donors (Lipinski definition) is 1. The first-order valence-electron chi connectivity index (χ1n) is 4.72.